The fraction of sp³-hybridized carbons (Fsp3) is 0.750. The second-order valence-corrected chi connectivity index (χ2v) is 2.92. The van der Waals surface area contributed by atoms with Gasteiger partial charge >= 0.3 is 5.97 Å². The Labute approximate surface area is 72.0 Å². The van der Waals surface area contributed by atoms with E-state index in [-0.39, 0.29) is 18.2 Å². The van der Waals surface area contributed by atoms with Crippen molar-refractivity contribution in [2.24, 2.45) is 5.92 Å². The third-order valence-electron chi connectivity index (χ3n) is 1.84. The Kier molecular flexibility index (Phi) is 4.51. The van der Waals surface area contributed by atoms with Crippen LogP contribution in [0.4, 0.5) is 0 Å². The lowest BCUT2D eigenvalue weighted by Gasteiger charge is -2.10. The number of hydrogen-bond acceptors (Lipinski definition) is 3. The van der Waals surface area contributed by atoms with Gasteiger partial charge < -0.3 is 10.4 Å². The number of Topliss-reactive ketones (excluding diaryl/α,β-unsaturated/α-hetero) is 1. The van der Waals surface area contributed by atoms with Gasteiger partial charge in [-0.3, -0.25) is 9.59 Å². The maximum atomic E-state index is 11.2. The number of ketones is 1. The maximum Gasteiger partial charge on any atom is 0.306 e. The van der Waals surface area contributed by atoms with E-state index in [1.165, 1.54) is 6.92 Å². The smallest absolute Gasteiger partial charge is 0.306 e. The first-order valence-electron chi connectivity index (χ1n) is 3.91. The highest BCUT2D eigenvalue weighted by Crippen LogP contribution is 2.04. The van der Waals surface area contributed by atoms with Crippen molar-refractivity contribution in [1.82, 2.24) is 5.32 Å². The van der Waals surface area contributed by atoms with Gasteiger partial charge in [0.05, 0.1) is 12.0 Å². The summed E-state index contributed by atoms with van der Waals surface area (Å²) < 4.78 is 0. The molecule has 2 N–H and O–H groups in total. The summed E-state index contributed by atoms with van der Waals surface area (Å²) in [6.45, 7) is 3.25. The summed E-state index contributed by atoms with van der Waals surface area (Å²) in [5.41, 5.74) is 0. The molecule has 2 atom stereocenters. The fourth-order valence-corrected chi connectivity index (χ4v) is 0.727. The molecule has 0 aromatic heterocycles. The highest BCUT2D eigenvalue weighted by molar-refractivity contribution is 5.87. The summed E-state index contributed by atoms with van der Waals surface area (Å²) in [5.74, 6) is -1.58. The molecular weight excluding hydrogens is 158 g/mol. The number of carbonyl (C=O) groups excluding carboxylic acids is 1. The Bertz CT molecular complexity index is 179. The zero-order valence-corrected chi connectivity index (χ0v) is 7.63. The highest BCUT2D eigenvalue weighted by Gasteiger charge is 2.18. The van der Waals surface area contributed by atoms with Crippen molar-refractivity contribution in [3.63, 3.8) is 0 Å². The number of likely N-dealkylation sites (N-methyl/N-ethyl adjacent to an activating group) is 1. The lowest BCUT2D eigenvalue weighted by molar-refractivity contribution is -0.143. The Morgan fingerprint density at radius 3 is 2.25 bits per heavy atom. The zero-order valence-electron chi connectivity index (χ0n) is 7.63. The highest BCUT2D eigenvalue weighted by atomic mass is 16.4. The van der Waals surface area contributed by atoms with E-state index >= 15 is 0 Å². The van der Waals surface area contributed by atoms with Crippen LogP contribution in [-0.2, 0) is 9.59 Å². The molecule has 0 heterocycles. The molecule has 0 rings (SSSR count). The monoisotopic (exact) mass is 173 g/mol. The van der Waals surface area contributed by atoms with Crippen molar-refractivity contribution in [1.29, 1.82) is 0 Å². The van der Waals surface area contributed by atoms with Crippen LogP contribution in [0.2, 0.25) is 0 Å². The molecule has 0 saturated carbocycles. The van der Waals surface area contributed by atoms with Gasteiger partial charge in [-0.25, -0.2) is 0 Å². The molecule has 70 valence electrons. The Morgan fingerprint density at radius 2 is 1.92 bits per heavy atom. The second kappa shape index (κ2) is 4.87. The van der Waals surface area contributed by atoms with E-state index in [0.717, 1.165) is 0 Å². The van der Waals surface area contributed by atoms with Crippen LogP contribution < -0.4 is 5.32 Å². The Morgan fingerprint density at radius 1 is 1.42 bits per heavy atom. The van der Waals surface area contributed by atoms with Gasteiger partial charge in [0.2, 0.25) is 0 Å². The average Bonchev–Trinajstić information content (AvgIpc) is 2.02. The molecule has 0 amide bonds. The van der Waals surface area contributed by atoms with Gasteiger partial charge in [-0.15, -0.1) is 0 Å². The molecule has 12 heavy (non-hydrogen) atoms. The molecule has 0 radical (unpaired) electrons. The van der Waals surface area contributed by atoms with Gasteiger partial charge in [-0.2, -0.15) is 0 Å². The van der Waals surface area contributed by atoms with E-state index in [0.29, 0.717) is 0 Å². The van der Waals surface area contributed by atoms with Crippen molar-refractivity contribution in [2.45, 2.75) is 26.3 Å². The average molecular weight is 173 g/mol. The van der Waals surface area contributed by atoms with E-state index < -0.39 is 11.9 Å². The molecule has 0 aliphatic carbocycles. The molecule has 0 fully saturated rings. The van der Waals surface area contributed by atoms with Gasteiger partial charge in [0.1, 0.15) is 5.78 Å². The zero-order chi connectivity index (χ0) is 9.72. The number of carboxylic acid groups (broad SMARTS) is 1. The first kappa shape index (κ1) is 11.1. The van der Waals surface area contributed by atoms with Gasteiger partial charge in [-0.05, 0) is 14.0 Å². The Hall–Kier alpha value is -0.900. The minimum Gasteiger partial charge on any atom is -0.481 e. The van der Waals surface area contributed by atoms with Crippen LogP contribution in [-0.4, -0.2) is 29.9 Å². The summed E-state index contributed by atoms with van der Waals surface area (Å²) in [4.78, 5) is 21.5. The summed E-state index contributed by atoms with van der Waals surface area (Å²) in [6.07, 6.45) is 0.0946. The van der Waals surface area contributed by atoms with E-state index in [4.69, 9.17) is 5.11 Å². The molecular formula is C8H15NO3. The lowest BCUT2D eigenvalue weighted by Crippen LogP contribution is -2.32. The molecule has 0 aromatic carbocycles. The number of carboxylic acids is 1. The van der Waals surface area contributed by atoms with Crippen LogP contribution in [0.5, 0.6) is 0 Å². The van der Waals surface area contributed by atoms with Crippen LogP contribution in [0, 0.1) is 5.92 Å². The van der Waals surface area contributed by atoms with Crippen LogP contribution in [0.1, 0.15) is 20.3 Å². The van der Waals surface area contributed by atoms with Crippen molar-refractivity contribution in [3.8, 4) is 0 Å². The van der Waals surface area contributed by atoms with Crippen LogP contribution >= 0.6 is 0 Å². The number of nitrogens with one attached hydrogen (secondary N) is 1. The molecule has 2 unspecified atom stereocenters. The molecule has 0 aliphatic rings. The largest absolute Gasteiger partial charge is 0.481 e. The number of rotatable bonds is 5. The first-order valence-corrected chi connectivity index (χ1v) is 3.91. The van der Waals surface area contributed by atoms with Crippen molar-refractivity contribution >= 4 is 11.8 Å². The normalized spacial score (nSPS) is 15.2. The van der Waals surface area contributed by atoms with Crippen LogP contribution in [0.15, 0.2) is 0 Å². The number of carbonyl (C=O) groups is 2. The number of aliphatic carboxylic acids is 1. The predicted octanol–water partition coefficient (Wildman–Crippen LogP) is 0.274. The molecule has 0 bridgehead atoms. The summed E-state index contributed by atoms with van der Waals surface area (Å²) in [7, 11) is 1.67. The van der Waals surface area contributed by atoms with Crippen molar-refractivity contribution in [3.05, 3.63) is 0 Å². The maximum absolute atomic E-state index is 11.2. The molecule has 0 saturated heterocycles. The van der Waals surface area contributed by atoms with Crippen molar-refractivity contribution in [2.75, 3.05) is 7.05 Å². The quantitative estimate of drug-likeness (QED) is 0.626. The SMILES string of the molecule is CNC(C)C(=O)CC(C)C(=O)O. The van der Waals surface area contributed by atoms with Gasteiger partial charge in [0.25, 0.3) is 0 Å². The summed E-state index contributed by atoms with van der Waals surface area (Å²) >= 11 is 0. The molecule has 0 aromatic rings. The minimum absolute atomic E-state index is 0.0626. The topological polar surface area (TPSA) is 66.4 Å². The molecule has 4 nitrogen and oxygen atoms in total. The molecule has 0 aliphatic heterocycles. The number of hydrogen-bond donors (Lipinski definition) is 2. The van der Waals surface area contributed by atoms with Gasteiger partial charge in [0.15, 0.2) is 0 Å². The van der Waals surface area contributed by atoms with E-state index in [1.54, 1.807) is 14.0 Å². The van der Waals surface area contributed by atoms with E-state index in [2.05, 4.69) is 5.32 Å². The standard InChI is InChI=1S/C8H15NO3/c1-5(8(11)12)4-7(10)6(2)9-3/h5-6,9H,4H2,1-3H3,(H,11,12). The first-order chi connectivity index (χ1) is 5.49. The second-order valence-electron chi connectivity index (χ2n) is 2.92. The minimum atomic E-state index is -0.924. The van der Waals surface area contributed by atoms with Gasteiger partial charge in [-0.1, -0.05) is 6.92 Å². The van der Waals surface area contributed by atoms with Crippen molar-refractivity contribution < 1.29 is 14.7 Å². The third-order valence-corrected chi connectivity index (χ3v) is 1.84. The van der Waals surface area contributed by atoms with E-state index in [9.17, 15) is 9.59 Å². The lowest BCUT2D eigenvalue weighted by atomic mass is 10.0. The fourth-order valence-electron chi connectivity index (χ4n) is 0.727. The third kappa shape index (κ3) is 3.48. The summed E-state index contributed by atoms with van der Waals surface area (Å²) in [6, 6.07) is -0.258. The molecule has 0 spiro atoms. The molecule has 4 heteroatoms. The van der Waals surface area contributed by atoms with Crippen LogP contribution in [0.25, 0.3) is 0 Å². The van der Waals surface area contributed by atoms with Gasteiger partial charge in [0, 0.05) is 6.42 Å². The Balaban J connectivity index is 3.92. The predicted molar refractivity (Wildman–Crippen MR) is 44.9 cm³/mol. The van der Waals surface area contributed by atoms with E-state index in [1.807, 2.05) is 0 Å². The summed E-state index contributed by atoms with van der Waals surface area (Å²) in [5, 5.41) is 11.3. The van der Waals surface area contributed by atoms with Crippen LogP contribution in [0.3, 0.4) is 0 Å².